The monoisotopic (exact) mass is 286 g/mol. The van der Waals surface area contributed by atoms with Gasteiger partial charge in [0.15, 0.2) is 5.13 Å². The summed E-state index contributed by atoms with van der Waals surface area (Å²) in [7, 11) is 0. The highest BCUT2D eigenvalue weighted by molar-refractivity contribution is 7.18. The average molecular weight is 286 g/mol. The largest absolute Gasteiger partial charge is 0.396 e. The molecule has 19 heavy (non-hydrogen) atoms. The van der Waals surface area contributed by atoms with Gasteiger partial charge >= 0.3 is 0 Å². The van der Waals surface area contributed by atoms with Crippen molar-refractivity contribution in [2.75, 3.05) is 17.7 Å². The molecule has 108 valence electrons. The molecule has 0 aliphatic heterocycles. The number of amides is 1. The molecule has 7 heteroatoms. The highest BCUT2D eigenvalue weighted by Crippen LogP contribution is 2.26. The van der Waals surface area contributed by atoms with E-state index in [0.29, 0.717) is 16.4 Å². The van der Waals surface area contributed by atoms with Crippen LogP contribution >= 0.6 is 11.3 Å². The van der Waals surface area contributed by atoms with E-state index in [1.807, 2.05) is 27.7 Å². The summed E-state index contributed by atoms with van der Waals surface area (Å²) in [4.78, 5) is 16.6. The summed E-state index contributed by atoms with van der Waals surface area (Å²) in [5.41, 5.74) is 5.28. The number of nitrogen functional groups attached to an aromatic ring is 1. The van der Waals surface area contributed by atoms with Crippen molar-refractivity contribution in [2.24, 2.45) is 0 Å². The lowest BCUT2D eigenvalue weighted by molar-refractivity contribution is 0.0904. The summed E-state index contributed by atoms with van der Waals surface area (Å²) in [6.07, 6.45) is 0.481. The third-order valence-corrected chi connectivity index (χ3v) is 3.46. The van der Waals surface area contributed by atoms with Crippen molar-refractivity contribution in [1.29, 1.82) is 0 Å². The zero-order valence-corrected chi connectivity index (χ0v) is 12.6. The van der Waals surface area contributed by atoms with Gasteiger partial charge in [-0.3, -0.25) is 4.79 Å². The molecule has 1 heterocycles. The van der Waals surface area contributed by atoms with Crippen LogP contribution in [0.5, 0.6) is 0 Å². The molecule has 0 atom stereocenters. The number of carbonyl (C=O) groups is 1. The molecule has 0 saturated carbocycles. The second-order valence-corrected chi connectivity index (χ2v) is 6.34. The molecule has 0 radical (unpaired) electrons. The summed E-state index contributed by atoms with van der Waals surface area (Å²) >= 11 is 1.23. The molecule has 1 rings (SSSR count). The topological polar surface area (TPSA) is 100 Å². The fourth-order valence-electron chi connectivity index (χ4n) is 1.51. The molecule has 0 aliphatic carbocycles. The van der Waals surface area contributed by atoms with Crippen molar-refractivity contribution in [2.45, 2.75) is 45.7 Å². The fourth-order valence-corrected chi connectivity index (χ4v) is 2.44. The minimum atomic E-state index is -0.478. The second-order valence-electron chi connectivity index (χ2n) is 5.34. The molecule has 1 amide bonds. The van der Waals surface area contributed by atoms with Gasteiger partial charge in [0, 0.05) is 18.2 Å². The number of thiazole rings is 1. The van der Waals surface area contributed by atoms with Gasteiger partial charge in [0.05, 0.1) is 0 Å². The number of carbonyl (C=O) groups excluding carboxylic acids is 1. The van der Waals surface area contributed by atoms with Crippen LogP contribution in [0.25, 0.3) is 0 Å². The number of nitrogens with two attached hydrogens (primary N) is 1. The minimum absolute atomic E-state index is 0.0195. The van der Waals surface area contributed by atoms with Gasteiger partial charge in [-0.25, -0.2) is 4.98 Å². The maximum Gasteiger partial charge on any atom is 0.265 e. The van der Waals surface area contributed by atoms with Crippen LogP contribution in [0.1, 0.15) is 43.8 Å². The van der Waals surface area contributed by atoms with Crippen LogP contribution in [0.4, 0.5) is 10.9 Å². The molecule has 0 bridgehead atoms. The highest BCUT2D eigenvalue weighted by atomic mass is 32.1. The van der Waals surface area contributed by atoms with Crippen molar-refractivity contribution < 1.29 is 9.90 Å². The Balaban J connectivity index is 2.80. The van der Waals surface area contributed by atoms with Gasteiger partial charge in [0.2, 0.25) is 0 Å². The van der Waals surface area contributed by atoms with Crippen molar-refractivity contribution in [3.05, 3.63) is 4.88 Å². The Morgan fingerprint density at radius 3 is 2.68 bits per heavy atom. The lowest BCUT2D eigenvalue weighted by Gasteiger charge is -2.24. The maximum atomic E-state index is 12.1. The van der Waals surface area contributed by atoms with Crippen LogP contribution in [-0.4, -0.2) is 34.2 Å². The molecule has 0 unspecified atom stereocenters. The Kier molecular flexibility index (Phi) is 5.13. The van der Waals surface area contributed by atoms with Crippen LogP contribution in [0, 0.1) is 0 Å². The number of aliphatic hydroxyl groups is 1. The normalized spacial score (nSPS) is 11.7. The molecule has 5 N–H and O–H groups in total. The molecule has 0 aromatic carbocycles. The van der Waals surface area contributed by atoms with Gasteiger partial charge in [0.1, 0.15) is 10.7 Å². The van der Waals surface area contributed by atoms with Crippen LogP contribution in [0.15, 0.2) is 0 Å². The van der Waals surface area contributed by atoms with Crippen LogP contribution in [0.3, 0.4) is 0 Å². The maximum absolute atomic E-state index is 12.1. The summed E-state index contributed by atoms with van der Waals surface area (Å²) in [5, 5.41) is 15.5. The first kappa shape index (κ1) is 15.7. The van der Waals surface area contributed by atoms with Crippen LogP contribution < -0.4 is 16.4 Å². The van der Waals surface area contributed by atoms with Crippen molar-refractivity contribution >= 4 is 28.2 Å². The first-order chi connectivity index (χ1) is 8.75. The number of rotatable bonds is 6. The number of aliphatic hydroxyl groups excluding tert-OH is 1. The minimum Gasteiger partial charge on any atom is -0.396 e. The Bertz CT molecular complexity index is 443. The molecule has 1 aromatic heterocycles. The molecular formula is C12H22N4O2S. The highest BCUT2D eigenvalue weighted by Gasteiger charge is 2.24. The molecule has 0 saturated heterocycles. The second kappa shape index (κ2) is 6.21. The number of anilines is 2. The van der Waals surface area contributed by atoms with E-state index >= 15 is 0 Å². The Hall–Kier alpha value is -1.34. The van der Waals surface area contributed by atoms with Crippen molar-refractivity contribution in [1.82, 2.24) is 10.3 Å². The number of hydrogen-bond acceptors (Lipinski definition) is 6. The standard InChI is InChI=1S/C12H22N4O2S/c1-7(2)14-11-15-9(13)8(19-11)10(18)16-12(3,4)5-6-17/h7,17H,5-6,13H2,1-4H3,(H,14,15)(H,16,18). The zero-order valence-electron chi connectivity index (χ0n) is 11.8. The lowest BCUT2D eigenvalue weighted by Crippen LogP contribution is -2.43. The quantitative estimate of drug-likeness (QED) is 0.634. The smallest absolute Gasteiger partial charge is 0.265 e. The first-order valence-corrected chi connectivity index (χ1v) is 7.03. The fraction of sp³-hybridized carbons (Fsp3) is 0.667. The van der Waals surface area contributed by atoms with E-state index in [0.717, 1.165) is 0 Å². The molecule has 0 spiro atoms. The number of nitrogens with one attached hydrogen (secondary N) is 2. The van der Waals surface area contributed by atoms with E-state index in [-0.39, 0.29) is 24.4 Å². The van der Waals surface area contributed by atoms with E-state index in [9.17, 15) is 4.79 Å². The van der Waals surface area contributed by atoms with E-state index < -0.39 is 5.54 Å². The summed E-state index contributed by atoms with van der Waals surface area (Å²) < 4.78 is 0. The Morgan fingerprint density at radius 1 is 1.53 bits per heavy atom. The third kappa shape index (κ3) is 4.68. The van der Waals surface area contributed by atoms with E-state index in [1.54, 1.807) is 0 Å². The first-order valence-electron chi connectivity index (χ1n) is 6.21. The Labute approximate surface area is 117 Å². The van der Waals surface area contributed by atoms with E-state index in [1.165, 1.54) is 11.3 Å². The van der Waals surface area contributed by atoms with E-state index in [4.69, 9.17) is 10.8 Å². The van der Waals surface area contributed by atoms with Crippen LogP contribution in [-0.2, 0) is 0 Å². The molecular weight excluding hydrogens is 264 g/mol. The van der Waals surface area contributed by atoms with Gasteiger partial charge in [-0.2, -0.15) is 0 Å². The number of nitrogens with zero attached hydrogens (tertiary/aromatic N) is 1. The van der Waals surface area contributed by atoms with Gasteiger partial charge in [-0.1, -0.05) is 11.3 Å². The zero-order chi connectivity index (χ0) is 14.6. The average Bonchev–Trinajstić information content (AvgIpc) is 2.57. The summed E-state index contributed by atoms with van der Waals surface area (Å²) in [6, 6.07) is 0.229. The predicted molar refractivity (Wildman–Crippen MR) is 78.5 cm³/mol. The number of aromatic nitrogens is 1. The number of hydrogen-bond donors (Lipinski definition) is 4. The third-order valence-electron chi connectivity index (χ3n) is 2.46. The van der Waals surface area contributed by atoms with Crippen molar-refractivity contribution in [3.8, 4) is 0 Å². The van der Waals surface area contributed by atoms with Gasteiger partial charge < -0.3 is 21.5 Å². The van der Waals surface area contributed by atoms with E-state index in [2.05, 4.69) is 15.6 Å². The van der Waals surface area contributed by atoms with Gasteiger partial charge in [-0.15, -0.1) is 0 Å². The predicted octanol–water partition coefficient (Wildman–Crippen LogP) is 1.44. The lowest BCUT2D eigenvalue weighted by atomic mass is 10.0. The summed E-state index contributed by atoms with van der Waals surface area (Å²) in [5.74, 6) is -0.0318. The SMILES string of the molecule is CC(C)Nc1nc(N)c(C(=O)NC(C)(C)CCO)s1. The molecule has 0 aliphatic rings. The Morgan fingerprint density at radius 2 is 2.16 bits per heavy atom. The molecule has 6 nitrogen and oxygen atoms in total. The molecule has 1 aromatic rings. The van der Waals surface area contributed by atoms with Gasteiger partial charge in [0.25, 0.3) is 5.91 Å². The summed E-state index contributed by atoms with van der Waals surface area (Å²) in [6.45, 7) is 7.70. The van der Waals surface area contributed by atoms with Crippen LogP contribution in [0.2, 0.25) is 0 Å². The van der Waals surface area contributed by atoms with Crippen molar-refractivity contribution in [3.63, 3.8) is 0 Å². The molecule has 0 fully saturated rings. The van der Waals surface area contributed by atoms with Gasteiger partial charge in [-0.05, 0) is 34.1 Å².